The first-order valence-corrected chi connectivity index (χ1v) is 38.6. The number of likely N-dealkylation sites (tertiary alicyclic amines) is 1. The molecule has 9 heterocycles. The van der Waals surface area contributed by atoms with Crippen molar-refractivity contribution in [2.45, 2.75) is 74.1 Å². The molecule has 119 heavy (non-hydrogen) atoms. The highest BCUT2D eigenvalue weighted by molar-refractivity contribution is 5.86. The van der Waals surface area contributed by atoms with Gasteiger partial charge in [-0.2, -0.15) is 20.6 Å². The van der Waals surface area contributed by atoms with Crippen molar-refractivity contribution >= 4 is 67.2 Å². The van der Waals surface area contributed by atoms with Crippen molar-refractivity contribution < 1.29 is 43.0 Å². The molecule has 2 unspecified atom stereocenters. The number of hydrogen-bond acceptors (Lipinski definition) is 24. The monoisotopic (exact) mass is 1610 g/mol. The van der Waals surface area contributed by atoms with Crippen LogP contribution in [-0.2, 0) is 37.2 Å². The van der Waals surface area contributed by atoms with Gasteiger partial charge in [0.1, 0.15) is 34.5 Å². The fourth-order valence-corrected chi connectivity index (χ4v) is 15.6. The van der Waals surface area contributed by atoms with E-state index < -0.39 is 6.10 Å². The highest BCUT2D eigenvalue weighted by Gasteiger charge is 2.48. The van der Waals surface area contributed by atoms with Crippen LogP contribution in [0.25, 0.3) is 66.9 Å². The molecule has 4 atom stereocenters. The summed E-state index contributed by atoms with van der Waals surface area (Å²) in [5, 5.41) is 33.3. The lowest BCUT2D eigenvalue weighted by atomic mass is 9.78. The lowest BCUT2D eigenvalue weighted by Gasteiger charge is -2.55. The summed E-state index contributed by atoms with van der Waals surface area (Å²) in [6.07, 6.45) is 19.3. The Balaban J connectivity index is 0.000000172. The van der Waals surface area contributed by atoms with E-state index >= 15 is 0 Å². The summed E-state index contributed by atoms with van der Waals surface area (Å²) < 4.78 is 50.5. The summed E-state index contributed by atoms with van der Waals surface area (Å²) in [6, 6.07) is 48.9. The first-order valence-electron chi connectivity index (χ1n) is 38.6. The van der Waals surface area contributed by atoms with Crippen LogP contribution in [0.5, 0.6) is 34.5 Å². The smallest absolute Gasteiger partial charge is 0.124 e. The van der Waals surface area contributed by atoms with Gasteiger partial charge in [0.2, 0.25) is 0 Å². The minimum Gasteiger partial charge on any atom is -0.497 e. The minimum absolute atomic E-state index is 0. The van der Waals surface area contributed by atoms with Crippen molar-refractivity contribution in [3.8, 4) is 74.3 Å². The van der Waals surface area contributed by atoms with Gasteiger partial charge in [0.25, 0.3) is 0 Å². The topological polar surface area (TPSA) is 265 Å². The molecule has 13 aromatic rings. The predicted molar refractivity (Wildman–Crippen MR) is 470 cm³/mol. The van der Waals surface area contributed by atoms with Crippen LogP contribution in [0.1, 0.15) is 61.0 Å². The van der Waals surface area contributed by atoms with Crippen LogP contribution < -0.4 is 43.1 Å². The number of benzene rings is 7. The quantitative estimate of drug-likeness (QED) is 0.0528. The normalized spacial score (nSPS) is 16.1. The number of hydrogen-bond donors (Lipinski definition) is 1. The van der Waals surface area contributed by atoms with Crippen LogP contribution >= 0.6 is 0 Å². The molecular formula is C92H112N18O9. The Kier molecular flexibility index (Phi) is 29.2. The molecule has 17 rings (SSSR count). The molecule has 0 radical (unpaired) electrons. The summed E-state index contributed by atoms with van der Waals surface area (Å²) in [6.45, 7) is 10.1. The number of aryl methyl sites for hydroxylation is 3. The number of fused-ring (bicyclic) bond motifs is 3. The second-order valence-electron chi connectivity index (χ2n) is 29.9. The number of aliphatic hydroxyl groups excluding tert-OH is 1. The number of aliphatic hydroxyl groups is 1. The third kappa shape index (κ3) is 21.0. The Morgan fingerprint density at radius 3 is 1.34 bits per heavy atom. The molecular weight excluding hydrogens is 1500 g/mol. The van der Waals surface area contributed by atoms with Gasteiger partial charge < -0.3 is 62.6 Å². The maximum absolute atomic E-state index is 11.2. The highest BCUT2D eigenvalue weighted by Crippen LogP contribution is 2.42. The molecule has 3 saturated heterocycles. The van der Waals surface area contributed by atoms with Gasteiger partial charge in [-0.15, -0.1) is 0 Å². The van der Waals surface area contributed by atoms with Crippen molar-refractivity contribution in [3.05, 3.63) is 201 Å². The van der Waals surface area contributed by atoms with Gasteiger partial charge in [0, 0.05) is 209 Å². The van der Waals surface area contributed by atoms with Gasteiger partial charge >= 0.3 is 0 Å². The molecule has 1 saturated carbocycles. The van der Waals surface area contributed by atoms with Crippen molar-refractivity contribution in [2.24, 2.45) is 38.4 Å². The SMILES string of the molecule is C.C.C.C.COc1cc(OC)cc(N(CC2CN(Cc3ccccc3)CCO2)c2ccc3ncc(-c4cnn(C)c4)nc3c2)c1.COc1cc(OC)cc(N(CCN2CC3(COC3)C2)c2ccc3ncc(-c4cnn(C)c4)nc3c2)c1.COc1cc(OC)cc(N(C[C@H](O)CC2CC[C@H](C#N)C2)c2ccc3ncc(-c4cnn(C)c4)nc3c2)c1. The van der Waals surface area contributed by atoms with E-state index in [-0.39, 0.29) is 41.7 Å². The van der Waals surface area contributed by atoms with Crippen LogP contribution in [0.3, 0.4) is 0 Å². The molecule has 6 aromatic heterocycles. The Hall–Kier alpha value is -12.3. The van der Waals surface area contributed by atoms with Crippen molar-refractivity contribution in [1.82, 2.24) is 69.0 Å². The number of anilines is 6. The fraction of sp³-hybridized carbons (Fsp3) is 0.370. The molecule has 1 spiro atoms. The van der Waals surface area contributed by atoms with E-state index in [4.69, 9.17) is 52.8 Å². The Labute approximate surface area is 698 Å². The van der Waals surface area contributed by atoms with Gasteiger partial charge in [0.05, 0.1) is 175 Å². The molecule has 0 amide bonds. The summed E-state index contributed by atoms with van der Waals surface area (Å²) in [5.41, 5.74) is 17.3. The second-order valence-corrected chi connectivity index (χ2v) is 29.9. The van der Waals surface area contributed by atoms with Crippen molar-refractivity contribution in [2.75, 3.05) is 130 Å². The average Bonchev–Trinajstić information content (AvgIpc) is 1.30. The Morgan fingerprint density at radius 1 is 0.504 bits per heavy atom. The van der Waals surface area contributed by atoms with Crippen LogP contribution in [-0.4, -0.2) is 201 Å². The number of aromatic nitrogens is 12. The van der Waals surface area contributed by atoms with Gasteiger partial charge in [-0.25, -0.2) is 15.0 Å². The zero-order chi connectivity index (χ0) is 79.5. The summed E-state index contributed by atoms with van der Waals surface area (Å²) in [4.78, 5) is 40.2. The Morgan fingerprint density at radius 2 is 0.933 bits per heavy atom. The standard InChI is InChI=1S/C32H34N6O3.C29H32N6O3.C27H30N6O3.4CH4/c1-36-20-24(17-34-36)32-18-33-30-10-9-25(15-31(30)35-32)38(26-13-27(39-2)16-28(14-26)40-3)22-29-21-37(11-12-41-29)19-23-7-5-4-6-8-23;1-34-17-21(15-32-34)29-16-31-27-7-6-22(12-28(27)33-29)35(23-10-25(37-2)13-26(11-23)38-3)18-24(36)9-19-4-5-20(8-19)14-30;1-31-14-19(12-29-31)26-13-28-24-5-4-20(10-25(24)30-26)33(7-6-32-15-27(16-32)17-36-18-27)21-8-22(34-2)11-23(9-21)35-3;;;;/h4-10,13-18,20,29H,11-12,19,21-22H2,1-3H3;6-7,10-13,15-17,19-20,24,36H,4-5,8-9,18H2,1-3H3;4-5,8-14H,6-7,15-18H2,1-3H3;4*1H4/t;19?,20-,24+;;;;;/m.0...../s1. The van der Waals surface area contributed by atoms with Crippen LogP contribution in [0, 0.1) is 28.6 Å². The zero-order valence-electron chi connectivity index (χ0n) is 66.4. The summed E-state index contributed by atoms with van der Waals surface area (Å²) >= 11 is 0. The van der Waals surface area contributed by atoms with Crippen LogP contribution in [0.4, 0.5) is 34.1 Å². The largest absolute Gasteiger partial charge is 0.497 e. The molecule has 3 aliphatic heterocycles. The van der Waals surface area contributed by atoms with Crippen LogP contribution in [0.2, 0.25) is 0 Å². The first kappa shape index (κ1) is 87.5. The number of methoxy groups -OCH3 is 6. The van der Waals surface area contributed by atoms with Gasteiger partial charge in [-0.05, 0) is 91.8 Å². The van der Waals surface area contributed by atoms with Crippen LogP contribution in [0.15, 0.2) is 195 Å². The number of nitrogens with zero attached hydrogens (tertiary/aromatic N) is 18. The van der Waals surface area contributed by atoms with Gasteiger partial charge in [0.15, 0.2) is 0 Å². The molecule has 1 N–H and O–H groups in total. The van der Waals surface area contributed by atoms with E-state index in [0.29, 0.717) is 48.9 Å². The van der Waals surface area contributed by atoms with Crippen molar-refractivity contribution in [3.63, 3.8) is 0 Å². The fourth-order valence-electron chi connectivity index (χ4n) is 15.6. The zero-order valence-corrected chi connectivity index (χ0v) is 66.4. The van der Waals surface area contributed by atoms with E-state index in [9.17, 15) is 10.4 Å². The van der Waals surface area contributed by atoms with E-state index in [2.05, 4.69) is 115 Å². The van der Waals surface area contributed by atoms with Gasteiger partial charge in [-0.1, -0.05) is 60.0 Å². The predicted octanol–water partition coefficient (Wildman–Crippen LogP) is 16.0. The van der Waals surface area contributed by atoms with E-state index in [1.165, 1.54) is 5.56 Å². The third-order valence-electron chi connectivity index (χ3n) is 21.6. The summed E-state index contributed by atoms with van der Waals surface area (Å²) in [5.74, 6) is 4.71. The lowest BCUT2D eigenvalue weighted by Crippen LogP contribution is -2.66. The third-order valence-corrected chi connectivity index (χ3v) is 21.6. The number of rotatable bonds is 26. The Bertz CT molecular complexity index is 5480. The second kappa shape index (κ2) is 39.8. The average molecular weight is 1610 g/mol. The maximum atomic E-state index is 11.2. The summed E-state index contributed by atoms with van der Waals surface area (Å²) in [7, 11) is 15.6. The lowest BCUT2D eigenvalue weighted by molar-refractivity contribution is -0.187. The van der Waals surface area contributed by atoms with E-state index in [1.807, 2.05) is 131 Å². The highest BCUT2D eigenvalue weighted by atomic mass is 16.5. The van der Waals surface area contributed by atoms with E-state index in [1.54, 1.807) is 87.7 Å². The molecule has 0 bridgehead atoms. The first-order chi connectivity index (χ1) is 56.1. The number of nitriles is 1. The molecule has 7 aromatic carbocycles. The molecule has 624 valence electrons. The molecule has 4 fully saturated rings. The number of ether oxygens (including phenoxy) is 8. The molecule has 1 aliphatic carbocycles. The minimum atomic E-state index is -0.585. The molecule has 4 aliphatic rings. The maximum Gasteiger partial charge on any atom is 0.124 e. The molecule has 27 heteroatoms. The van der Waals surface area contributed by atoms with Gasteiger partial charge in [-0.3, -0.25) is 33.9 Å². The molecule has 27 nitrogen and oxygen atoms in total. The van der Waals surface area contributed by atoms with E-state index in [0.717, 1.165) is 202 Å². The van der Waals surface area contributed by atoms with Crippen molar-refractivity contribution in [1.29, 1.82) is 5.26 Å². The number of morpholine rings is 1.